The number of hydrogen-bond acceptors (Lipinski definition) is 3. The molecule has 1 fully saturated rings. The second-order valence-electron chi connectivity index (χ2n) is 6.94. The van der Waals surface area contributed by atoms with E-state index < -0.39 is 0 Å². The Morgan fingerprint density at radius 2 is 1.63 bits per heavy atom. The number of hydrogen-bond donors (Lipinski definition) is 1. The van der Waals surface area contributed by atoms with Crippen LogP contribution in [0.15, 0.2) is 60.8 Å². The zero-order valence-corrected chi connectivity index (χ0v) is 15.6. The summed E-state index contributed by atoms with van der Waals surface area (Å²) in [6.07, 6.45) is 5.45. The van der Waals surface area contributed by atoms with Crippen LogP contribution < -0.4 is 10.2 Å². The molecular weight excluding hydrogens is 336 g/mol. The number of nitrogens with zero attached hydrogens (tertiary/aromatic N) is 3. The molecule has 0 unspecified atom stereocenters. The molecule has 0 bridgehead atoms. The highest BCUT2D eigenvalue weighted by Gasteiger charge is 2.16. The van der Waals surface area contributed by atoms with Crippen LogP contribution in [0.2, 0.25) is 0 Å². The molecule has 1 aromatic heterocycles. The summed E-state index contributed by atoms with van der Waals surface area (Å²) in [6, 6.07) is 17.9. The molecule has 1 aliphatic heterocycles. The van der Waals surface area contributed by atoms with Gasteiger partial charge in [-0.15, -0.1) is 0 Å². The predicted octanol–water partition coefficient (Wildman–Crippen LogP) is 4.42. The van der Waals surface area contributed by atoms with Crippen molar-refractivity contribution in [1.82, 2.24) is 9.78 Å². The van der Waals surface area contributed by atoms with Gasteiger partial charge in [0.05, 0.1) is 23.1 Å². The molecule has 1 amide bonds. The van der Waals surface area contributed by atoms with Gasteiger partial charge >= 0.3 is 0 Å². The highest BCUT2D eigenvalue weighted by Crippen LogP contribution is 2.22. The van der Waals surface area contributed by atoms with E-state index in [0.717, 1.165) is 30.2 Å². The molecule has 0 aliphatic carbocycles. The summed E-state index contributed by atoms with van der Waals surface area (Å²) in [5, 5.41) is 7.36. The first-order valence-corrected chi connectivity index (χ1v) is 9.49. The molecule has 1 saturated heterocycles. The molecule has 0 atom stereocenters. The SMILES string of the molecule is Cc1c(C(=O)Nc2ccc(N3CCCCC3)cc2)cnn1-c1ccccc1. The number of piperidine rings is 1. The lowest BCUT2D eigenvalue weighted by Crippen LogP contribution is -2.29. The zero-order valence-electron chi connectivity index (χ0n) is 15.6. The Morgan fingerprint density at radius 1 is 0.926 bits per heavy atom. The molecule has 0 saturated carbocycles. The molecule has 3 aromatic rings. The number of nitrogens with one attached hydrogen (secondary N) is 1. The first kappa shape index (κ1) is 17.3. The normalized spacial score (nSPS) is 14.2. The summed E-state index contributed by atoms with van der Waals surface area (Å²) < 4.78 is 1.79. The highest BCUT2D eigenvalue weighted by atomic mass is 16.1. The van der Waals surface area contributed by atoms with Crippen molar-refractivity contribution in [1.29, 1.82) is 0 Å². The Bertz CT molecular complexity index is 909. The van der Waals surface area contributed by atoms with Crippen molar-refractivity contribution >= 4 is 17.3 Å². The maximum absolute atomic E-state index is 12.7. The van der Waals surface area contributed by atoms with Gasteiger partial charge in [0.25, 0.3) is 5.91 Å². The lowest BCUT2D eigenvalue weighted by Gasteiger charge is -2.28. The molecule has 0 spiro atoms. The largest absolute Gasteiger partial charge is 0.372 e. The minimum Gasteiger partial charge on any atom is -0.372 e. The second kappa shape index (κ2) is 7.66. The predicted molar refractivity (Wildman–Crippen MR) is 109 cm³/mol. The molecule has 5 nitrogen and oxygen atoms in total. The topological polar surface area (TPSA) is 50.2 Å². The maximum Gasteiger partial charge on any atom is 0.259 e. The van der Waals surface area contributed by atoms with Crippen LogP contribution in [0.4, 0.5) is 11.4 Å². The smallest absolute Gasteiger partial charge is 0.259 e. The van der Waals surface area contributed by atoms with Gasteiger partial charge in [0.1, 0.15) is 0 Å². The molecule has 1 N–H and O–H groups in total. The van der Waals surface area contributed by atoms with Crippen LogP contribution in [0.1, 0.15) is 35.3 Å². The van der Waals surface area contributed by atoms with Crippen molar-refractivity contribution in [2.75, 3.05) is 23.3 Å². The number of carbonyl (C=O) groups excluding carboxylic acids is 1. The van der Waals surface area contributed by atoms with Gasteiger partial charge in [0.2, 0.25) is 0 Å². The molecule has 0 radical (unpaired) electrons. The standard InChI is InChI=1S/C22H24N4O/c1-17-21(16-23-26(17)20-8-4-2-5-9-20)22(27)24-18-10-12-19(13-11-18)25-14-6-3-7-15-25/h2,4-5,8-13,16H,3,6-7,14-15H2,1H3,(H,24,27). The van der Waals surface area contributed by atoms with E-state index in [1.54, 1.807) is 10.9 Å². The Balaban J connectivity index is 1.47. The van der Waals surface area contributed by atoms with Crippen molar-refractivity contribution in [3.63, 3.8) is 0 Å². The Kier molecular flexibility index (Phi) is 4.92. The fourth-order valence-electron chi connectivity index (χ4n) is 3.57. The monoisotopic (exact) mass is 360 g/mol. The van der Waals surface area contributed by atoms with E-state index in [1.165, 1.54) is 24.9 Å². The van der Waals surface area contributed by atoms with Gasteiger partial charge in [0, 0.05) is 24.5 Å². The third-order valence-corrected chi connectivity index (χ3v) is 5.10. The molecule has 5 heteroatoms. The Morgan fingerprint density at radius 3 is 2.33 bits per heavy atom. The van der Waals surface area contributed by atoms with Crippen LogP contribution in [-0.4, -0.2) is 28.8 Å². The van der Waals surface area contributed by atoms with Crippen LogP contribution >= 0.6 is 0 Å². The molecule has 1 aliphatic rings. The van der Waals surface area contributed by atoms with E-state index in [4.69, 9.17) is 0 Å². The van der Waals surface area contributed by atoms with Crippen LogP contribution in [0, 0.1) is 6.92 Å². The zero-order chi connectivity index (χ0) is 18.6. The fraction of sp³-hybridized carbons (Fsp3) is 0.273. The maximum atomic E-state index is 12.7. The number of rotatable bonds is 4. The summed E-state index contributed by atoms with van der Waals surface area (Å²) >= 11 is 0. The lowest BCUT2D eigenvalue weighted by atomic mass is 10.1. The van der Waals surface area contributed by atoms with E-state index in [9.17, 15) is 4.79 Å². The van der Waals surface area contributed by atoms with E-state index in [1.807, 2.05) is 49.4 Å². The Hall–Kier alpha value is -3.08. The van der Waals surface area contributed by atoms with Gasteiger partial charge in [-0.2, -0.15) is 5.10 Å². The number of amides is 1. The number of aromatic nitrogens is 2. The van der Waals surface area contributed by atoms with Crippen molar-refractivity contribution < 1.29 is 4.79 Å². The van der Waals surface area contributed by atoms with Crippen LogP contribution in [0.3, 0.4) is 0 Å². The van der Waals surface area contributed by atoms with E-state index in [0.29, 0.717) is 5.56 Å². The van der Waals surface area contributed by atoms with Gasteiger partial charge in [-0.05, 0) is 62.6 Å². The number of para-hydroxylation sites is 1. The summed E-state index contributed by atoms with van der Waals surface area (Å²) in [6.45, 7) is 4.14. The van der Waals surface area contributed by atoms with E-state index >= 15 is 0 Å². The first-order valence-electron chi connectivity index (χ1n) is 9.49. The quantitative estimate of drug-likeness (QED) is 0.749. The van der Waals surface area contributed by atoms with E-state index in [-0.39, 0.29) is 5.91 Å². The van der Waals surface area contributed by atoms with Crippen LogP contribution in [0.25, 0.3) is 5.69 Å². The fourth-order valence-corrected chi connectivity index (χ4v) is 3.57. The van der Waals surface area contributed by atoms with Gasteiger partial charge < -0.3 is 10.2 Å². The molecular formula is C22H24N4O. The number of benzene rings is 2. The van der Waals surface area contributed by atoms with Gasteiger partial charge in [0.15, 0.2) is 0 Å². The van der Waals surface area contributed by atoms with E-state index in [2.05, 4.69) is 27.4 Å². The van der Waals surface area contributed by atoms with Crippen molar-refractivity contribution in [2.24, 2.45) is 0 Å². The highest BCUT2D eigenvalue weighted by molar-refractivity contribution is 6.05. The summed E-state index contributed by atoms with van der Waals surface area (Å²) in [5.74, 6) is -0.139. The van der Waals surface area contributed by atoms with Gasteiger partial charge in [-0.25, -0.2) is 4.68 Å². The average Bonchev–Trinajstić information content (AvgIpc) is 3.11. The molecule has 2 heterocycles. The van der Waals surface area contributed by atoms with Crippen molar-refractivity contribution in [3.05, 3.63) is 72.1 Å². The summed E-state index contributed by atoms with van der Waals surface area (Å²) in [5.41, 5.74) is 4.37. The molecule has 27 heavy (non-hydrogen) atoms. The number of carbonyl (C=O) groups is 1. The Labute approximate surface area is 159 Å². The molecule has 138 valence electrons. The summed E-state index contributed by atoms with van der Waals surface area (Å²) in [4.78, 5) is 15.1. The summed E-state index contributed by atoms with van der Waals surface area (Å²) in [7, 11) is 0. The van der Waals surface area contributed by atoms with Crippen LogP contribution in [0.5, 0.6) is 0 Å². The second-order valence-corrected chi connectivity index (χ2v) is 6.94. The number of anilines is 2. The third-order valence-electron chi connectivity index (χ3n) is 5.10. The van der Waals surface area contributed by atoms with Crippen molar-refractivity contribution in [2.45, 2.75) is 26.2 Å². The van der Waals surface area contributed by atoms with Crippen LogP contribution in [-0.2, 0) is 0 Å². The average molecular weight is 360 g/mol. The van der Waals surface area contributed by atoms with Gasteiger partial charge in [-0.1, -0.05) is 18.2 Å². The molecule has 4 rings (SSSR count). The minimum atomic E-state index is -0.139. The molecule has 2 aromatic carbocycles. The third kappa shape index (κ3) is 3.72. The minimum absolute atomic E-state index is 0.139. The van der Waals surface area contributed by atoms with Gasteiger partial charge in [-0.3, -0.25) is 4.79 Å². The first-order chi connectivity index (χ1) is 13.2. The lowest BCUT2D eigenvalue weighted by molar-refractivity contribution is 0.102. The van der Waals surface area contributed by atoms with Crippen molar-refractivity contribution in [3.8, 4) is 5.69 Å².